The fourth-order valence-electron chi connectivity index (χ4n) is 1.99. The van der Waals surface area contributed by atoms with Crippen molar-refractivity contribution in [2.75, 3.05) is 13.6 Å². The molecule has 1 heterocycles. The lowest BCUT2D eigenvalue weighted by Gasteiger charge is -2.04. The van der Waals surface area contributed by atoms with Crippen molar-refractivity contribution in [3.63, 3.8) is 0 Å². The molecule has 2 rings (SSSR count). The Morgan fingerprint density at radius 2 is 2.05 bits per heavy atom. The van der Waals surface area contributed by atoms with Gasteiger partial charge in [0.05, 0.1) is 0 Å². The van der Waals surface area contributed by atoms with Crippen LogP contribution in [0.15, 0.2) is 28.7 Å². The maximum absolute atomic E-state index is 11.2. The molecule has 0 aliphatic heterocycles. The van der Waals surface area contributed by atoms with Crippen LogP contribution in [0.5, 0.6) is 0 Å². The second-order valence-electron chi connectivity index (χ2n) is 4.31. The summed E-state index contributed by atoms with van der Waals surface area (Å²) < 4.78 is 5.34. The van der Waals surface area contributed by atoms with E-state index in [2.05, 4.69) is 10.6 Å². The van der Waals surface area contributed by atoms with Crippen molar-refractivity contribution >= 4 is 22.8 Å². The topological polar surface area (TPSA) is 91.6 Å². The van der Waals surface area contributed by atoms with Crippen LogP contribution in [-0.2, 0) is 11.3 Å². The molecule has 0 bridgehead atoms. The lowest BCUT2D eigenvalue weighted by atomic mass is 10.1. The molecule has 6 nitrogen and oxygen atoms in total. The number of carboxylic acids is 1. The maximum atomic E-state index is 11.2. The molecule has 6 heteroatoms. The minimum Gasteiger partial charge on any atom is -0.475 e. The molecule has 3 N–H and O–H groups in total. The molecule has 0 unspecified atom stereocenters. The highest BCUT2D eigenvalue weighted by molar-refractivity contribution is 5.95. The minimum atomic E-state index is -1.09. The highest BCUT2D eigenvalue weighted by Gasteiger charge is 2.19. The number of para-hydroxylation sites is 1. The zero-order valence-electron chi connectivity index (χ0n) is 11.1. The first-order valence-corrected chi connectivity index (χ1v) is 6.28. The van der Waals surface area contributed by atoms with Gasteiger partial charge in [0.2, 0.25) is 11.7 Å². The Morgan fingerprint density at radius 3 is 2.75 bits per heavy atom. The van der Waals surface area contributed by atoms with E-state index in [0.29, 0.717) is 30.7 Å². The summed E-state index contributed by atoms with van der Waals surface area (Å²) in [5.74, 6) is -1.21. The second kappa shape index (κ2) is 6.21. The molecule has 1 aromatic carbocycles. The summed E-state index contributed by atoms with van der Waals surface area (Å²) in [5.41, 5.74) is 1.15. The number of hydrogen-bond donors (Lipinski definition) is 3. The standard InChI is InChI=1S/C14H16N2O4/c1-15-12(17)6-7-16-8-10-9-4-2-3-5-11(9)20-13(10)14(18)19/h2-5,16H,6-8H2,1H3,(H,15,17)(H,18,19). The molecule has 0 saturated carbocycles. The third-order valence-electron chi connectivity index (χ3n) is 3.00. The van der Waals surface area contributed by atoms with Crippen molar-refractivity contribution in [1.29, 1.82) is 0 Å². The van der Waals surface area contributed by atoms with Crippen molar-refractivity contribution < 1.29 is 19.1 Å². The Hall–Kier alpha value is -2.34. The van der Waals surface area contributed by atoms with Gasteiger partial charge < -0.3 is 20.2 Å². The highest BCUT2D eigenvalue weighted by Crippen LogP contribution is 2.25. The molecule has 0 aliphatic carbocycles. The van der Waals surface area contributed by atoms with Crippen molar-refractivity contribution in [3.05, 3.63) is 35.6 Å². The predicted molar refractivity (Wildman–Crippen MR) is 73.6 cm³/mol. The maximum Gasteiger partial charge on any atom is 0.372 e. The molecule has 1 aromatic heterocycles. The average molecular weight is 276 g/mol. The highest BCUT2D eigenvalue weighted by atomic mass is 16.4. The van der Waals surface area contributed by atoms with Crippen molar-refractivity contribution in [2.24, 2.45) is 0 Å². The molecule has 0 saturated heterocycles. The van der Waals surface area contributed by atoms with Crippen LogP contribution in [0.1, 0.15) is 22.5 Å². The SMILES string of the molecule is CNC(=O)CCNCc1c(C(=O)O)oc2ccccc12. The van der Waals surface area contributed by atoms with Gasteiger partial charge in [0.15, 0.2) is 0 Å². The van der Waals surface area contributed by atoms with Gasteiger partial charge in [0.25, 0.3) is 0 Å². The molecule has 0 spiro atoms. The number of furan rings is 1. The van der Waals surface area contributed by atoms with Crippen LogP contribution in [-0.4, -0.2) is 30.6 Å². The molecule has 0 aliphatic rings. The number of fused-ring (bicyclic) bond motifs is 1. The van der Waals surface area contributed by atoms with Gasteiger partial charge >= 0.3 is 5.97 Å². The van der Waals surface area contributed by atoms with Crippen LogP contribution >= 0.6 is 0 Å². The van der Waals surface area contributed by atoms with E-state index in [0.717, 1.165) is 5.39 Å². The van der Waals surface area contributed by atoms with Gasteiger partial charge in [-0.05, 0) is 6.07 Å². The Balaban J connectivity index is 2.13. The zero-order valence-corrected chi connectivity index (χ0v) is 11.1. The van der Waals surface area contributed by atoms with Crippen LogP contribution in [0, 0.1) is 0 Å². The fourth-order valence-corrected chi connectivity index (χ4v) is 1.99. The number of amides is 1. The summed E-state index contributed by atoms with van der Waals surface area (Å²) >= 11 is 0. The first kappa shape index (κ1) is 14.1. The lowest BCUT2D eigenvalue weighted by molar-refractivity contribution is -0.120. The summed E-state index contributed by atoms with van der Waals surface area (Å²) in [6.07, 6.45) is 0.342. The number of carbonyl (C=O) groups is 2. The third-order valence-corrected chi connectivity index (χ3v) is 3.00. The van der Waals surface area contributed by atoms with E-state index in [1.165, 1.54) is 0 Å². The van der Waals surface area contributed by atoms with E-state index >= 15 is 0 Å². The quantitative estimate of drug-likeness (QED) is 0.693. The monoisotopic (exact) mass is 276 g/mol. The Bertz CT molecular complexity index is 633. The number of aromatic carboxylic acids is 1. The molecule has 0 radical (unpaired) electrons. The third kappa shape index (κ3) is 2.97. The Morgan fingerprint density at radius 1 is 1.30 bits per heavy atom. The smallest absolute Gasteiger partial charge is 0.372 e. The summed E-state index contributed by atoms with van der Waals surface area (Å²) in [6, 6.07) is 7.18. The Kier molecular flexibility index (Phi) is 4.37. The largest absolute Gasteiger partial charge is 0.475 e. The van der Waals surface area contributed by atoms with Crippen LogP contribution in [0.25, 0.3) is 11.0 Å². The van der Waals surface area contributed by atoms with Gasteiger partial charge in [-0.3, -0.25) is 4.79 Å². The number of carboxylic acid groups (broad SMARTS) is 1. The van der Waals surface area contributed by atoms with Crippen LogP contribution in [0.3, 0.4) is 0 Å². The van der Waals surface area contributed by atoms with Gasteiger partial charge in [-0.1, -0.05) is 18.2 Å². The molecular formula is C14H16N2O4. The van der Waals surface area contributed by atoms with Crippen LogP contribution in [0.4, 0.5) is 0 Å². The zero-order chi connectivity index (χ0) is 14.5. The molecule has 0 atom stereocenters. The summed E-state index contributed by atoms with van der Waals surface area (Å²) in [4.78, 5) is 22.3. The number of benzene rings is 1. The van der Waals surface area contributed by atoms with E-state index in [1.54, 1.807) is 19.2 Å². The second-order valence-corrected chi connectivity index (χ2v) is 4.31. The van der Waals surface area contributed by atoms with Gasteiger partial charge in [-0.15, -0.1) is 0 Å². The molecule has 106 valence electrons. The van der Waals surface area contributed by atoms with E-state index in [1.807, 2.05) is 12.1 Å². The van der Waals surface area contributed by atoms with E-state index in [-0.39, 0.29) is 11.7 Å². The first-order chi connectivity index (χ1) is 9.63. The van der Waals surface area contributed by atoms with Crippen molar-refractivity contribution in [1.82, 2.24) is 10.6 Å². The summed E-state index contributed by atoms with van der Waals surface area (Å²) in [5, 5.41) is 15.5. The number of nitrogens with one attached hydrogen (secondary N) is 2. The van der Waals surface area contributed by atoms with E-state index < -0.39 is 5.97 Å². The number of carbonyl (C=O) groups excluding carboxylic acids is 1. The van der Waals surface area contributed by atoms with E-state index in [9.17, 15) is 9.59 Å². The minimum absolute atomic E-state index is 0.0568. The molecule has 1 amide bonds. The van der Waals surface area contributed by atoms with Crippen LogP contribution < -0.4 is 10.6 Å². The fraction of sp³-hybridized carbons (Fsp3) is 0.286. The molecular weight excluding hydrogens is 260 g/mol. The normalized spacial score (nSPS) is 10.7. The summed E-state index contributed by atoms with van der Waals surface area (Å²) in [6.45, 7) is 0.813. The predicted octanol–water partition coefficient (Wildman–Crippen LogP) is 1.36. The summed E-state index contributed by atoms with van der Waals surface area (Å²) in [7, 11) is 1.58. The molecule has 0 fully saturated rings. The van der Waals surface area contributed by atoms with Gasteiger partial charge in [0.1, 0.15) is 5.58 Å². The van der Waals surface area contributed by atoms with Crippen molar-refractivity contribution in [2.45, 2.75) is 13.0 Å². The first-order valence-electron chi connectivity index (χ1n) is 6.28. The average Bonchev–Trinajstić information content (AvgIpc) is 2.82. The number of rotatable bonds is 6. The van der Waals surface area contributed by atoms with E-state index in [4.69, 9.17) is 9.52 Å². The number of hydrogen-bond acceptors (Lipinski definition) is 4. The van der Waals surface area contributed by atoms with Gasteiger partial charge in [-0.25, -0.2) is 4.79 Å². The van der Waals surface area contributed by atoms with Crippen molar-refractivity contribution in [3.8, 4) is 0 Å². The molecule has 2 aromatic rings. The van der Waals surface area contributed by atoms with Gasteiger partial charge in [0, 0.05) is 37.5 Å². The Labute approximate surface area is 115 Å². The molecule has 20 heavy (non-hydrogen) atoms. The van der Waals surface area contributed by atoms with Gasteiger partial charge in [-0.2, -0.15) is 0 Å². The lowest BCUT2D eigenvalue weighted by Crippen LogP contribution is -2.24. The van der Waals surface area contributed by atoms with Crippen LogP contribution in [0.2, 0.25) is 0 Å².